The van der Waals surface area contributed by atoms with Gasteiger partial charge in [0.1, 0.15) is 11.2 Å². The van der Waals surface area contributed by atoms with E-state index in [1.54, 1.807) is 0 Å². The Labute approximate surface area is 224 Å². The van der Waals surface area contributed by atoms with Gasteiger partial charge in [-0.1, -0.05) is 30.3 Å². The number of ether oxygens (including phenoxy) is 1. The van der Waals surface area contributed by atoms with Crippen LogP contribution in [0.1, 0.15) is 55.3 Å². The average molecular weight is 540 g/mol. The second-order valence-corrected chi connectivity index (χ2v) is 10.1. The molecule has 0 bridgehead atoms. The summed E-state index contributed by atoms with van der Waals surface area (Å²) in [6, 6.07) is 15.1. The number of hydrogen-bond donors (Lipinski definition) is 6. The molecule has 3 aromatic rings. The molecule has 6 N–H and O–H groups in total. The van der Waals surface area contributed by atoms with Crippen LogP contribution in [0.25, 0.3) is 11.0 Å². The highest BCUT2D eigenvalue weighted by Crippen LogP contribution is 2.50. The molecule has 1 saturated carbocycles. The summed E-state index contributed by atoms with van der Waals surface area (Å²) >= 11 is 0. The van der Waals surface area contributed by atoms with Gasteiger partial charge in [-0.2, -0.15) is 0 Å². The van der Waals surface area contributed by atoms with Gasteiger partial charge < -0.3 is 35.5 Å². The van der Waals surface area contributed by atoms with Crippen LogP contribution in [0.15, 0.2) is 48.7 Å². The van der Waals surface area contributed by atoms with E-state index in [1.165, 1.54) is 22.2 Å². The maximum absolute atomic E-state index is 10.3. The number of carboxylic acid groups (broad SMARTS) is 3. The molecule has 1 fully saturated rings. The number of aromatic nitrogens is 2. The van der Waals surface area contributed by atoms with Gasteiger partial charge in [0, 0.05) is 17.1 Å². The van der Waals surface area contributed by atoms with Gasteiger partial charge in [-0.15, -0.1) is 0 Å². The number of aromatic amines is 1. The zero-order valence-electron chi connectivity index (χ0n) is 21.6. The van der Waals surface area contributed by atoms with E-state index in [1.807, 2.05) is 12.3 Å². The molecule has 0 atom stereocenters. The van der Waals surface area contributed by atoms with Crippen molar-refractivity contribution >= 4 is 28.9 Å². The molecule has 11 heteroatoms. The van der Waals surface area contributed by atoms with Gasteiger partial charge in [0.05, 0.1) is 25.1 Å². The summed E-state index contributed by atoms with van der Waals surface area (Å²) in [4.78, 5) is 38.6. The maximum atomic E-state index is 10.3. The number of pyridine rings is 1. The molecule has 208 valence electrons. The van der Waals surface area contributed by atoms with Gasteiger partial charge in [-0.25, -0.2) is 9.78 Å². The Morgan fingerprint density at radius 3 is 2.21 bits per heavy atom. The summed E-state index contributed by atoms with van der Waals surface area (Å²) in [5.41, 5.74) is 2.17. The van der Waals surface area contributed by atoms with Crippen molar-refractivity contribution in [3.05, 3.63) is 65.5 Å². The van der Waals surface area contributed by atoms with E-state index in [4.69, 9.17) is 25.2 Å². The summed E-state index contributed by atoms with van der Waals surface area (Å²) in [5.74, 6) is -5.02. The molecule has 1 aromatic carbocycles. The van der Waals surface area contributed by atoms with Crippen LogP contribution in [0.4, 0.5) is 0 Å². The number of nitrogens with zero attached hydrogens (tertiary/aromatic N) is 1. The van der Waals surface area contributed by atoms with Gasteiger partial charge in [0.15, 0.2) is 5.60 Å². The molecule has 3 heterocycles. The normalized spacial score (nSPS) is 22.5. The minimum Gasteiger partial charge on any atom is -0.481 e. The van der Waals surface area contributed by atoms with Crippen molar-refractivity contribution in [3.8, 4) is 0 Å². The number of nitrogens with one attached hydrogen (secondary N) is 2. The highest BCUT2D eigenvalue weighted by Gasteiger charge is 2.48. The molecule has 11 nitrogen and oxygen atoms in total. The van der Waals surface area contributed by atoms with Crippen LogP contribution in [0.5, 0.6) is 0 Å². The number of aliphatic hydroxyl groups is 1. The second-order valence-electron chi connectivity index (χ2n) is 10.1. The number of hydrogen-bond acceptors (Lipinski definition) is 7. The molecular weight excluding hydrogens is 506 g/mol. The highest BCUT2D eigenvalue weighted by molar-refractivity contribution is 5.88. The molecule has 2 aromatic heterocycles. The SMILES string of the molecule is CNC1(c2ccccc2)CCC2(CC1)OCCc1c2[nH]c2ncccc12.O=C(O)CC(O)(CC(=O)O)C(=O)O. The average Bonchev–Trinajstić information content (AvgIpc) is 3.30. The lowest BCUT2D eigenvalue weighted by Crippen LogP contribution is -2.49. The van der Waals surface area contributed by atoms with Crippen LogP contribution in [0, 0.1) is 0 Å². The Balaban J connectivity index is 0.000000233. The number of benzene rings is 1. The van der Waals surface area contributed by atoms with Crippen molar-refractivity contribution in [2.45, 2.75) is 61.7 Å². The summed E-state index contributed by atoms with van der Waals surface area (Å²) in [5, 5.41) is 38.7. The van der Waals surface area contributed by atoms with Crippen molar-refractivity contribution in [2.75, 3.05) is 13.7 Å². The topological polar surface area (TPSA) is 182 Å². The Kier molecular flexibility index (Phi) is 8.05. The molecule has 0 saturated heterocycles. The van der Waals surface area contributed by atoms with Crippen LogP contribution in [-0.2, 0) is 36.7 Å². The number of carbonyl (C=O) groups is 3. The van der Waals surface area contributed by atoms with Gasteiger partial charge in [0.2, 0.25) is 0 Å². The molecule has 1 spiro atoms. The van der Waals surface area contributed by atoms with Crippen LogP contribution in [-0.4, -0.2) is 67.6 Å². The molecule has 1 aliphatic carbocycles. The second kappa shape index (κ2) is 11.1. The van der Waals surface area contributed by atoms with E-state index >= 15 is 0 Å². The third-order valence-electron chi connectivity index (χ3n) is 7.87. The molecule has 5 rings (SSSR count). The van der Waals surface area contributed by atoms with Gasteiger partial charge in [0.25, 0.3) is 0 Å². The van der Waals surface area contributed by atoms with Crippen LogP contribution in [0.3, 0.4) is 0 Å². The van der Waals surface area contributed by atoms with Gasteiger partial charge >= 0.3 is 17.9 Å². The minimum atomic E-state index is -2.74. The monoisotopic (exact) mass is 539 g/mol. The summed E-state index contributed by atoms with van der Waals surface area (Å²) < 4.78 is 6.45. The minimum absolute atomic E-state index is 0.0394. The van der Waals surface area contributed by atoms with E-state index in [2.05, 4.69) is 58.7 Å². The largest absolute Gasteiger partial charge is 0.481 e. The van der Waals surface area contributed by atoms with Crippen molar-refractivity contribution in [2.24, 2.45) is 0 Å². The molecule has 0 amide bonds. The first-order valence-electron chi connectivity index (χ1n) is 12.8. The van der Waals surface area contributed by atoms with Crippen LogP contribution in [0.2, 0.25) is 0 Å². The quantitative estimate of drug-likeness (QED) is 0.261. The fraction of sp³-hybridized carbons (Fsp3) is 0.429. The molecule has 0 unspecified atom stereocenters. The molecule has 2 aliphatic rings. The van der Waals surface area contributed by atoms with Crippen molar-refractivity contribution in [1.82, 2.24) is 15.3 Å². The first kappa shape index (κ1) is 28.2. The summed E-state index contributed by atoms with van der Waals surface area (Å²) in [6.07, 6.45) is 4.71. The summed E-state index contributed by atoms with van der Waals surface area (Å²) in [6.45, 7) is 0.798. The van der Waals surface area contributed by atoms with Crippen LogP contribution >= 0.6 is 0 Å². The van der Waals surface area contributed by atoms with Gasteiger partial charge in [-0.3, -0.25) is 9.59 Å². The molecule has 1 aliphatic heterocycles. The number of H-pyrrole nitrogens is 1. The summed E-state index contributed by atoms with van der Waals surface area (Å²) in [7, 11) is 2.09. The van der Waals surface area contributed by atoms with Gasteiger partial charge in [-0.05, 0) is 62.4 Å². The highest BCUT2D eigenvalue weighted by atomic mass is 16.5. The molecular formula is C28H33N3O8. The van der Waals surface area contributed by atoms with Crippen molar-refractivity contribution < 1.29 is 39.5 Å². The maximum Gasteiger partial charge on any atom is 0.336 e. The van der Waals surface area contributed by atoms with E-state index in [0.717, 1.165) is 44.4 Å². The first-order chi connectivity index (χ1) is 18.5. The lowest BCUT2D eigenvalue weighted by Gasteiger charge is -2.48. The Morgan fingerprint density at radius 1 is 1.00 bits per heavy atom. The zero-order valence-corrected chi connectivity index (χ0v) is 21.6. The number of carboxylic acids is 3. The van der Waals surface area contributed by atoms with E-state index in [9.17, 15) is 14.4 Å². The fourth-order valence-corrected chi connectivity index (χ4v) is 5.78. The first-order valence-corrected chi connectivity index (χ1v) is 12.8. The lowest BCUT2D eigenvalue weighted by molar-refractivity contribution is -0.170. The Bertz CT molecular complexity index is 1330. The molecule has 39 heavy (non-hydrogen) atoms. The van der Waals surface area contributed by atoms with E-state index in [-0.39, 0.29) is 11.1 Å². The third kappa shape index (κ3) is 5.65. The number of fused-ring (bicyclic) bond motifs is 4. The fourth-order valence-electron chi connectivity index (χ4n) is 5.78. The van der Waals surface area contributed by atoms with E-state index in [0.29, 0.717) is 0 Å². The third-order valence-corrected chi connectivity index (χ3v) is 7.87. The Morgan fingerprint density at radius 2 is 1.64 bits per heavy atom. The Hall–Kier alpha value is -3.80. The zero-order chi connectivity index (χ0) is 28.3. The van der Waals surface area contributed by atoms with Crippen molar-refractivity contribution in [3.63, 3.8) is 0 Å². The molecule has 0 radical (unpaired) electrons. The number of aliphatic carboxylic acids is 3. The standard InChI is InChI=1S/C22H25N3O.C6H8O7/c1-23-21(16-6-3-2-4-7-16)10-12-22(13-11-21)19-17(9-15-26-22)18-8-5-14-24-20(18)25-19;7-3(8)1-6(13,5(11)12)2-4(9)10/h2-8,14,23H,9-13,15H2,1H3,(H,24,25);13H,1-2H2,(H,7,8)(H,9,10)(H,11,12). The smallest absolute Gasteiger partial charge is 0.336 e. The predicted molar refractivity (Wildman–Crippen MR) is 140 cm³/mol. The van der Waals surface area contributed by atoms with Crippen molar-refractivity contribution in [1.29, 1.82) is 0 Å². The lowest BCUT2D eigenvalue weighted by atomic mass is 9.68. The van der Waals surface area contributed by atoms with Crippen LogP contribution < -0.4 is 5.32 Å². The van der Waals surface area contributed by atoms with E-state index < -0.39 is 36.4 Å². The predicted octanol–water partition coefficient (Wildman–Crippen LogP) is 2.77. The number of rotatable bonds is 7.